The van der Waals surface area contributed by atoms with Crippen LogP contribution < -0.4 is 10.6 Å². The van der Waals surface area contributed by atoms with Crippen molar-refractivity contribution >= 4 is 40.4 Å². The van der Waals surface area contributed by atoms with Gasteiger partial charge >= 0.3 is 6.09 Å². The molecule has 42 heavy (non-hydrogen) atoms. The molecule has 3 amide bonds. The van der Waals surface area contributed by atoms with Crippen LogP contribution in [0.4, 0.5) is 16.3 Å². The van der Waals surface area contributed by atoms with E-state index in [1.54, 1.807) is 53.2 Å². The van der Waals surface area contributed by atoms with Crippen LogP contribution in [0.25, 0.3) is 22.3 Å². The first-order valence-corrected chi connectivity index (χ1v) is 13.7. The standard InChI is InChI=1S/C31H33N7O4/c1-31(2,3)42-30(41)38-17-15-37(16-18-38)29(40)22-7-5-20(6-8-22)24-13-14-25-26(36-24)27(34-19-33-25)35-23-11-9-21(10-12-23)28(39)32-4/h5-14,19H,15-18H2,1-4H3,(H,32,39)(H,33,34,35). The number of nitrogens with zero attached hydrogens (tertiary/aromatic N) is 5. The van der Waals surface area contributed by atoms with E-state index in [-0.39, 0.29) is 17.9 Å². The Hall–Kier alpha value is -5.06. The fourth-order valence-corrected chi connectivity index (χ4v) is 4.56. The lowest BCUT2D eigenvalue weighted by Gasteiger charge is -2.35. The van der Waals surface area contributed by atoms with E-state index in [2.05, 4.69) is 20.6 Å². The molecule has 0 atom stereocenters. The highest BCUT2D eigenvalue weighted by atomic mass is 16.6. The third-order valence-electron chi connectivity index (χ3n) is 6.76. The number of nitrogens with one attached hydrogen (secondary N) is 2. The van der Waals surface area contributed by atoms with E-state index in [0.29, 0.717) is 59.9 Å². The lowest BCUT2D eigenvalue weighted by molar-refractivity contribution is 0.0141. The number of amides is 3. The van der Waals surface area contributed by atoms with Gasteiger partial charge in [-0.25, -0.2) is 19.7 Å². The smallest absolute Gasteiger partial charge is 0.410 e. The molecular weight excluding hydrogens is 534 g/mol. The molecule has 1 saturated heterocycles. The summed E-state index contributed by atoms with van der Waals surface area (Å²) in [5.41, 5.74) is 4.14. The molecule has 5 rings (SSSR count). The van der Waals surface area contributed by atoms with Gasteiger partial charge in [0.15, 0.2) is 5.82 Å². The lowest BCUT2D eigenvalue weighted by Crippen LogP contribution is -2.51. The molecule has 4 aromatic rings. The van der Waals surface area contributed by atoms with E-state index in [9.17, 15) is 14.4 Å². The van der Waals surface area contributed by atoms with Gasteiger partial charge in [0.25, 0.3) is 11.8 Å². The summed E-state index contributed by atoms with van der Waals surface area (Å²) < 4.78 is 5.45. The van der Waals surface area contributed by atoms with Gasteiger partial charge < -0.3 is 25.2 Å². The van der Waals surface area contributed by atoms with E-state index in [1.165, 1.54) is 6.33 Å². The van der Waals surface area contributed by atoms with Crippen LogP contribution in [0.3, 0.4) is 0 Å². The molecule has 1 aliphatic heterocycles. The highest BCUT2D eigenvalue weighted by Crippen LogP contribution is 2.26. The van der Waals surface area contributed by atoms with E-state index >= 15 is 0 Å². The maximum Gasteiger partial charge on any atom is 0.410 e. The Bertz CT molecular complexity index is 1610. The fraction of sp³-hybridized carbons (Fsp3) is 0.290. The zero-order valence-electron chi connectivity index (χ0n) is 24.0. The summed E-state index contributed by atoms with van der Waals surface area (Å²) in [6.45, 7) is 7.24. The molecule has 0 radical (unpaired) electrons. The van der Waals surface area contributed by atoms with E-state index < -0.39 is 5.60 Å². The maximum absolute atomic E-state index is 13.2. The molecule has 1 fully saturated rings. The quantitative estimate of drug-likeness (QED) is 0.361. The Morgan fingerprint density at radius 1 is 0.810 bits per heavy atom. The molecular formula is C31H33N7O4. The van der Waals surface area contributed by atoms with Gasteiger partial charge in [-0.05, 0) is 69.3 Å². The molecule has 1 aliphatic rings. The highest BCUT2D eigenvalue weighted by Gasteiger charge is 2.28. The number of hydrogen-bond donors (Lipinski definition) is 2. The van der Waals surface area contributed by atoms with Gasteiger partial charge in [0.1, 0.15) is 17.4 Å². The number of aromatic nitrogens is 3. The molecule has 3 heterocycles. The van der Waals surface area contributed by atoms with E-state index in [0.717, 1.165) is 11.3 Å². The van der Waals surface area contributed by atoms with Crippen LogP contribution in [0.5, 0.6) is 0 Å². The first-order chi connectivity index (χ1) is 20.1. The van der Waals surface area contributed by atoms with Crippen LogP contribution in [0, 0.1) is 0 Å². The SMILES string of the molecule is CNC(=O)c1ccc(Nc2ncnc3ccc(-c4ccc(C(=O)N5CCN(C(=O)OC(C)(C)C)CC5)cc4)nc23)cc1. The number of anilines is 2. The van der Waals surface area contributed by atoms with Gasteiger partial charge in [-0.3, -0.25) is 9.59 Å². The zero-order valence-corrected chi connectivity index (χ0v) is 24.0. The first kappa shape index (κ1) is 28.5. The highest BCUT2D eigenvalue weighted by molar-refractivity contribution is 5.96. The predicted molar refractivity (Wildman–Crippen MR) is 160 cm³/mol. The number of benzene rings is 2. The topological polar surface area (TPSA) is 130 Å². The van der Waals surface area contributed by atoms with Crippen LogP contribution >= 0.6 is 0 Å². The van der Waals surface area contributed by atoms with Crippen molar-refractivity contribution in [3.63, 3.8) is 0 Å². The molecule has 2 N–H and O–H groups in total. The molecule has 2 aromatic carbocycles. The van der Waals surface area contributed by atoms with Crippen LogP contribution in [0.1, 0.15) is 41.5 Å². The second kappa shape index (κ2) is 11.8. The predicted octanol–water partition coefficient (Wildman–Crippen LogP) is 4.49. The Labute approximate surface area is 243 Å². The molecule has 216 valence electrons. The van der Waals surface area contributed by atoms with Gasteiger partial charge in [-0.15, -0.1) is 0 Å². The van der Waals surface area contributed by atoms with Crippen molar-refractivity contribution in [1.82, 2.24) is 30.1 Å². The Morgan fingerprint density at radius 2 is 1.45 bits per heavy atom. The summed E-state index contributed by atoms with van der Waals surface area (Å²) in [5, 5.41) is 5.87. The number of fused-ring (bicyclic) bond motifs is 1. The summed E-state index contributed by atoms with van der Waals surface area (Å²) >= 11 is 0. The van der Waals surface area contributed by atoms with Crippen LogP contribution in [0.2, 0.25) is 0 Å². The van der Waals surface area contributed by atoms with E-state index in [1.807, 2.05) is 45.0 Å². The van der Waals surface area contributed by atoms with E-state index in [4.69, 9.17) is 9.72 Å². The number of pyridine rings is 1. The molecule has 11 heteroatoms. The van der Waals surface area contributed by atoms with Crippen LogP contribution in [-0.4, -0.2) is 81.5 Å². The Balaban J connectivity index is 1.28. The summed E-state index contributed by atoms with van der Waals surface area (Å²) in [7, 11) is 1.59. The summed E-state index contributed by atoms with van der Waals surface area (Å²) in [4.78, 5) is 54.3. The van der Waals surface area contributed by atoms with Gasteiger partial charge in [-0.2, -0.15) is 0 Å². The normalized spacial score (nSPS) is 13.5. The van der Waals surface area contributed by atoms with Crippen molar-refractivity contribution in [2.75, 3.05) is 38.5 Å². The lowest BCUT2D eigenvalue weighted by atomic mass is 10.1. The number of carbonyl (C=O) groups is 3. The minimum atomic E-state index is -0.558. The maximum atomic E-state index is 13.2. The van der Waals surface area contributed by atoms with Crippen molar-refractivity contribution in [3.8, 4) is 11.3 Å². The Morgan fingerprint density at radius 3 is 2.10 bits per heavy atom. The number of piperazine rings is 1. The largest absolute Gasteiger partial charge is 0.444 e. The molecule has 11 nitrogen and oxygen atoms in total. The van der Waals surface area contributed by atoms with Crippen molar-refractivity contribution in [3.05, 3.63) is 78.1 Å². The average molecular weight is 568 g/mol. The Kier molecular flexibility index (Phi) is 8.01. The first-order valence-electron chi connectivity index (χ1n) is 13.7. The van der Waals surface area contributed by atoms with Gasteiger partial charge in [-0.1, -0.05) is 12.1 Å². The molecule has 0 bridgehead atoms. The average Bonchev–Trinajstić information content (AvgIpc) is 3.00. The van der Waals surface area contributed by atoms with Crippen molar-refractivity contribution in [1.29, 1.82) is 0 Å². The number of ether oxygens (including phenoxy) is 1. The van der Waals surface area contributed by atoms with Crippen molar-refractivity contribution in [2.24, 2.45) is 0 Å². The van der Waals surface area contributed by atoms with Gasteiger partial charge in [0.2, 0.25) is 0 Å². The molecule has 2 aromatic heterocycles. The van der Waals surface area contributed by atoms with Gasteiger partial charge in [0.05, 0.1) is 11.2 Å². The van der Waals surface area contributed by atoms with Gasteiger partial charge in [0, 0.05) is 55.6 Å². The van der Waals surface area contributed by atoms with Crippen LogP contribution in [-0.2, 0) is 4.74 Å². The minimum absolute atomic E-state index is 0.0841. The fourth-order valence-electron chi connectivity index (χ4n) is 4.56. The number of carbonyl (C=O) groups excluding carboxylic acids is 3. The van der Waals surface area contributed by atoms with Crippen molar-refractivity contribution < 1.29 is 19.1 Å². The number of hydrogen-bond acceptors (Lipinski definition) is 8. The zero-order chi connectivity index (χ0) is 29.9. The molecule has 0 saturated carbocycles. The van der Waals surface area contributed by atoms with Crippen LogP contribution in [0.15, 0.2) is 67.0 Å². The second-order valence-corrected chi connectivity index (χ2v) is 10.9. The summed E-state index contributed by atoms with van der Waals surface area (Å²) in [5.74, 6) is 0.292. The summed E-state index contributed by atoms with van der Waals surface area (Å²) in [6, 6.07) is 18.1. The molecule has 0 unspecified atom stereocenters. The molecule has 0 spiro atoms. The third kappa shape index (κ3) is 6.46. The molecule has 0 aliphatic carbocycles. The monoisotopic (exact) mass is 567 g/mol. The van der Waals surface area contributed by atoms with Crippen molar-refractivity contribution in [2.45, 2.75) is 26.4 Å². The third-order valence-corrected chi connectivity index (χ3v) is 6.76. The summed E-state index contributed by atoms with van der Waals surface area (Å²) in [6.07, 6.45) is 1.11. The minimum Gasteiger partial charge on any atom is -0.444 e. The second-order valence-electron chi connectivity index (χ2n) is 10.9. The number of rotatable bonds is 5.